The van der Waals surface area contributed by atoms with E-state index in [0.717, 1.165) is 86.0 Å². The van der Waals surface area contributed by atoms with Gasteiger partial charge in [0.2, 0.25) is 0 Å². The normalized spacial score (nSPS) is 18.5. The van der Waals surface area contributed by atoms with Crippen molar-refractivity contribution in [1.82, 2.24) is 0 Å². The summed E-state index contributed by atoms with van der Waals surface area (Å²) in [5.41, 5.74) is 3.95. The monoisotopic (exact) mass is 880 g/mol. The van der Waals surface area contributed by atoms with Crippen LogP contribution in [0.4, 0.5) is 11.4 Å². The van der Waals surface area contributed by atoms with Gasteiger partial charge in [0.25, 0.3) is 11.8 Å². The second kappa shape index (κ2) is 17.7. The molecule has 0 N–H and O–H groups in total. The Kier molecular flexibility index (Phi) is 12.1. The maximum Gasteiger partial charge on any atom is 0.266 e. The number of benzene rings is 4. The Labute approximate surface area is 345 Å². The van der Waals surface area contributed by atoms with Crippen LogP contribution >= 0.6 is 31.9 Å². The Morgan fingerprint density at radius 1 is 0.393 bits per heavy atom. The maximum atomic E-state index is 15.7. The molecule has 0 aromatic heterocycles. The standard InChI is InChI=1S/C46H46Br2N2O6/c47-33-23-19-31(20-24-33)41-39-40-42(32-21-25-34(48)26-22-32)50(46(39)52)44-36-16-14-18-38(44)56-30-12-8-4-3-7-11-29-55-37-17-13-15-35(43(37)49(41)45(40)51)53-27-9-5-1-2-6-10-28-54-36/h13-26H,1-12,27-30H2. The molecular formula is C46H46Br2N2O6. The predicted octanol–water partition coefficient (Wildman–Crippen LogP) is 11.7. The molecule has 8 nitrogen and oxygen atoms in total. The van der Waals surface area contributed by atoms with Crippen LogP contribution in [-0.2, 0) is 9.59 Å². The molecule has 4 aromatic rings. The van der Waals surface area contributed by atoms with Gasteiger partial charge in [-0.1, -0.05) is 120 Å². The first-order chi connectivity index (χ1) is 27.5. The summed E-state index contributed by atoms with van der Waals surface area (Å²) in [6.07, 6.45) is 12.0. The topological polar surface area (TPSA) is 77.5 Å². The fourth-order valence-corrected chi connectivity index (χ4v) is 8.48. The number of nitrogens with zero attached hydrogens (tertiary/aromatic N) is 2. The zero-order valence-corrected chi connectivity index (χ0v) is 34.7. The number of ether oxygens (including phenoxy) is 4. The molecule has 290 valence electrons. The Morgan fingerprint density at radius 3 is 0.982 bits per heavy atom. The molecule has 0 saturated heterocycles. The zero-order chi connectivity index (χ0) is 38.4. The average Bonchev–Trinajstić information content (AvgIpc) is 3.66. The number of carbonyl (C=O) groups excluding carboxylic acids is 2. The molecule has 56 heavy (non-hydrogen) atoms. The van der Waals surface area contributed by atoms with E-state index < -0.39 is 0 Å². The summed E-state index contributed by atoms with van der Waals surface area (Å²) in [6, 6.07) is 26.9. The van der Waals surface area contributed by atoms with Gasteiger partial charge in [0.05, 0.1) is 49.0 Å². The van der Waals surface area contributed by atoms with Gasteiger partial charge in [-0.2, -0.15) is 0 Å². The van der Waals surface area contributed by atoms with E-state index in [2.05, 4.69) is 31.9 Å². The molecule has 4 aromatic carbocycles. The SMILES string of the molecule is O=C1C2=C(c3ccc(Br)cc3)N3C(=O)C2=C(c2ccc(Br)cc2)N1c1c2cccc1OCCCCCCCCOc1cccc(c13)OCCCCCCCCO2. The Balaban J connectivity index is 1.43. The number of hydrogen-bond donors (Lipinski definition) is 0. The zero-order valence-electron chi connectivity index (χ0n) is 31.5. The van der Waals surface area contributed by atoms with Crippen LogP contribution in [0.3, 0.4) is 0 Å². The molecule has 2 amide bonds. The lowest BCUT2D eigenvalue weighted by Gasteiger charge is -2.29. The summed E-state index contributed by atoms with van der Waals surface area (Å²) in [5, 5.41) is 0. The molecule has 10 heteroatoms. The van der Waals surface area contributed by atoms with E-state index in [1.807, 2.05) is 84.9 Å². The highest BCUT2D eigenvalue weighted by Crippen LogP contribution is 2.55. The quantitative estimate of drug-likeness (QED) is 0.200. The minimum atomic E-state index is -0.343. The molecule has 0 fully saturated rings. The number of hydrogen-bond acceptors (Lipinski definition) is 6. The number of para-hydroxylation sites is 2. The summed E-state index contributed by atoms with van der Waals surface area (Å²) >= 11 is 7.20. The van der Waals surface area contributed by atoms with Crippen molar-refractivity contribution in [3.8, 4) is 23.0 Å². The highest BCUT2D eigenvalue weighted by Gasteiger charge is 2.52. The van der Waals surface area contributed by atoms with Gasteiger partial charge in [-0.3, -0.25) is 19.4 Å². The number of rotatable bonds is 2. The highest BCUT2D eigenvalue weighted by molar-refractivity contribution is 9.10. The van der Waals surface area contributed by atoms with Crippen LogP contribution in [0.25, 0.3) is 11.4 Å². The molecule has 0 spiro atoms. The molecule has 0 aliphatic carbocycles. The van der Waals surface area contributed by atoms with Crippen LogP contribution in [0.1, 0.15) is 88.2 Å². The van der Waals surface area contributed by atoms with E-state index in [1.165, 1.54) is 0 Å². The van der Waals surface area contributed by atoms with Gasteiger partial charge in [0.15, 0.2) is 0 Å². The Hall–Kier alpha value is -4.54. The highest BCUT2D eigenvalue weighted by atomic mass is 79.9. The van der Waals surface area contributed by atoms with Crippen molar-refractivity contribution in [3.05, 3.63) is 116 Å². The summed E-state index contributed by atoms with van der Waals surface area (Å²) in [7, 11) is 0. The minimum absolute atomic E-state index is 0.299. The van der Waals surface area contributed by atoms with E-state index in [-0.39, 0.29) is 11.8 Å². The maximum absolute atomic E-state index is 15.7. The van der Waals surface area contributed by atoms with Gasteiger partial charge in [-0.05, 0) is 85.3 Å². The third kappa shape index (κ3) is 7.87. The van der Waals surface area contributed by atoms with Crippen molar-refractivity contribution in [2.45, 2.75) is 77.0 Å². The third-order valence-electron chi connectivity index (χ3n) is 10.7. The number of anilines is 2. The van der Waals surface area contributed by atoms with Crippen molar-refractivity contribution in [2.24, 2.45) is 0 Å². The third-order valence-corrected chi connectivity index (χ3v) is 11.8. The molecule has 4 aliphatic heterocycles. The smallest absolute Gasteiger partial charge is 0.266 e. The van der Waals surface area contributed by atoms with Crippen LogP contribution in [0, 0.1) is 0 Å². The Bertz CT molecular complexity index is 1930. The van der Waals surface area contributed by atoms with E-state index in [9.17, 15) is 0 Å². The second-order valence-corrected chi connectivity index (χ2v) is 16.4. The first kappa shape index (κ1) is 38.3. The summed E-state index contributed by atoms with van der Waals surface area (Å²) < 4.78 is 28.1. The van der Waals surface area contributed by atoms with Crippen LogP contribution in [0.5, 0.6) is 23.0 Å². The molecule has 4 heterocycles. The first-order valence-electron chi connectivity index (χ1n) is 20.0. The number of halogens is 2. The Morgan fingerprint density at radius 2 is 0.679 bits per heavy atom. The van der Waals surface area contributed by atoms with Crippen LogP contribution in [0.2, 0.25) is 0 Å². The molecule has 4 aliphatic rings. The lowest BCUT2D eigenvalue weighted by molar-refractivity contribution is -0.115. The largest absolute Gasteiger partial charge is 0.491 e. The van der Waals surface area contributed by atoms with E-state index in [1.54, 1.807) is 9.80 Å². The van der Waals surface area contributed by atoms with Gasteiger partial charge in [-0.15, -0.1) is 0 Å². The fourth-order valence-electron chi connectivity index (χ4n) is 7.95. The van der Waals surface area contributed by atoms with Crippen molar-refractivity contribution < 1.29 is 28.5 Å². The molecule has 8 rings (SSSR count). The molecule has 0 unspecified atom stereocenters. The average molecular weight is 883 g/mol. The molecule has 0 atom stereocenters. The van der Waals surface area contributed by atoms with Crippen molar-refractivity contribution in [3.63, 3.8) is 0 Å². The number of amides is 2. The van der Waals surface area contributed by atoms with Gasteiger partial charge < -0.3 is 18.9 Å². The van der Waals surface area contributed by atoms with Crippen molar-refractivity contribution >= 4 is 66.4 Å². The summed E-state index contributed by atoms with van der Waals surface area (Å²) in [5.74, 6) is 1.48. The lowest BCUT2D eigenvalue weighted by Crippen LogP contribution is -2.31. The van der Waals surface area contributed by atoms with Crippen LogP contribution < -0.4 is 28.7 Å². The van der Waals surface area contributed by atoms with Crippen molar-refractivity contribution in [1.29, 1.82) is 0 Å². The van der Waals surface area contributed by atoms with Gasteiger partial charge in [0, 0.05) is 8.95 Å². The summed E-state index contributed by atoms with van der Waals surface area (Å²) in [4.78, 5) is 34.6. The van der Waals surface area contributed by atoms with Gasteiger partial charge >= 0.3 is 0 Å². The number of carbonyl (C=O) groups is 2. The van der Waals surface area contributed by atoms with E-state index in [4.69, 9.17) is 18.9 Å². The summed E-state index contributed by atoms with van der Waals surface area (Å²) in [6.45, 7) is 1.96. The van der Waals surface area contributed by atoms with Gasteiger partial charge in [-0.25, -0.2) is 0 Å². The van der Waals surface area contributed by atoms with Crippen molar-refractivity contribution in [2.75, 3.05) is 36.2 Å². The van der Waals surface area contributed by atoms with Crippen LogP contribution in [0.15, 0.2) is 105 Å². The fraction of sp³-hybridized carbons (Fsp3) is 0.348. The predicted molar refractivity (Wildman–Crippen MR) is 227 cm³/mol. The molecular weight excluding hydrogens is 836 g/mol. The first-order valence-corrected chi connectivity index (χ1v) is 21.6. The van der Waals surface area contributed by atoms with Gasteiger partial charge in [0.1, 0.15) is 34.4 Å². The van der Waals surface area contributed by atoms with Crippen LogP contribution in [-0.4, -0.2) is 38.2 Å². The lowest BCUT2D eigenvalue weighted by atomic mass is 10.0. The van der Waals surface area contributed by atoms with E-state index >= 15 is 9.59 Å². The van der Waals surface area contributed by atoms with E-state index in [0.29, 0.717) is 94.5 Å². The second-order valence-electron chi connectivity index (χ2n) is 14.6. The molecule has 6 bridgehead atoms. The minimum Gasteiger partial charge on any atom is -0.491 e. The molecule has 0 radical (unpaired) electrons. The molecule has 0 saturated carbocycles.